The van der Waals surface area contributed by atoms with Crippen LogP contribution in [-0.4, -0.2) is 32.4 Å². The molecule has 0 radical (unpaired) electrons. The van der Waals surface area contributed by atoms with Gasteiger partial charge in [0.1, 0.15) is 6.61 Å². The maximum absolute atomic E-state index is 5.58. The van der Waals surface area contributed by atoms with E-state index in [1.54, 1.807) is 7.11 Å². The van der Waals surface area contributed by atoms with E-state index in [0.29, 0.717) is 24.7 Å². The van der Waals surface area contributed by atoms with Crippen molar-refractivity contribution in [3.63, 3.8) is 0 Å². The van der Waals surface area contributed by atoms with Crippen LogP contribution in [0, 0.1) is 0 Å². The largest absolute Gasteiger partial charge is 0.493 e. The van der Waals surface area contributed by atoms with Crippen LogP contribution in [0.5, 0.6) is 11.5 Å². The quantitative estimate of drug-likeness (QED) is 0.817. The van der Waals surface area contributed by atoms with E-state index in [2.05, 4.69) is 4.99 Å². The third-order valence-corrected chi connectivity index (χ3v) is 2.23. The van der Waals surface area contributed by atoms with Gasteiger partial charge < -0.3 is 19.9 Å². The first-order valence-corrected chi connectivity index (χ1v) is 5.02. The number of methoxy groups -OCH3 is 1. The van der Waals surface area contributed by atoms with Crippen LogP contribution < -0.4 is 15.2 Å². The molecule has 1 aromatic carbocycles. The third-order valence-electron chi connectivity index (χ3n) is 2.23. The molecule has 0 bridgehead atoms. The minimum absolute atomic E-state index is 0.107. The average molecular weight is 222 g/mol. The lowest BCUT2D eigenvalue weighted by atomic mass is 10.3. The van der Waals surface area contributed by atoms with Crippen LogP contribution >= 0.6 is 0 Å². The predicted molar refractivity (Wildman–Crippen MR) is 59.9 cm³/mol. The molecule has 0 aromatic heterocycles. The number of benzene rings is 1. The minimum atomic E-state index is -0.107. The first-order chi connectivity index (χ1) is 7.79. The Morgan fingerprint density at radius 1 is 1.44 bits per heavy atom. The van der Waals surface area contributed by atoms with Gasteiger partial charge in [0.2, 0.25) is 0 Å². The summed E-state index contributed by atoms with van der Waals surface area (Å²) in [7, 11) is 1.61. The fourth-order valence-electron chi connectivity index (χ4n) is 1.44. The second kappa shape index (κ2) is 4.74. The molecule has 5 nitrogen and oxygen atoms in total. The molecule has 86 valence electrons. The summed E-state index contributed by atoms with van der Waals surface area (Å²) in [4.78, 5) is 3.93. The fourth-order valence-corrected chi connectivity index (χ4v) is 1.44. The first kappa shape index (κ1) is 10.6. The highest BCUT2D eigenvalue weighted by molar-refractivity contribution is 5.73. The maximum Gasteiger partial charge on any atom is 0.282 e. The van der Waals surface area contributed by atoms with Gasteiger partial charge in [0, 0.05) is 0 Å². The maximum atomic E-state index is 5.58. The van der Waals surface area contributed by atoms with Crippen molar-refractivity contribution >= 4 is 6.02 Å². The van der Waals surface area contributed by atoms with Crippen LogP contribution in [0.25, 0.3) is 0 Å². The Morgan fingerprint density at radius 2 is 2.19 bits per heavy atom. The Morgan fingerprint density at radius 3 is 2.81 bits per heavy atom. The van der Waals surface area contributed by atoms with Gasteiger partial charge in [-0.15, -0.1) is 0 Å². The number of ether oxygens (including phenoxy) is 3. The monoisotopic (exact) mass is 222 g/mol. The zero-order valence-electron chi connectivity index (χ0n) is 9.05. The van der Waals surface area contributed by atoms with E-state index in [-0.39, 0.29) is 12.1 Å². The Bertz CT molecular complexity index is 393. The molecule has 2 N–H and O–H groups in total. The molecule has 1 aliphatic heterocycles. The summed E-state index contributed by atoms with van der Waals surface area (Å²) < 4.78 is 16.0. The van der Waals surface area contributed by atoms with Gasteiger partial charge in [-0.3, -0.25) is 0 Å². The predicted octanol–water partition coefficient (Wildman–Crippen LogP) is 0.788. The van der Waals surface area contributed by atoms with Crippen LogP contribution in [0.1, 0.15) is 0 Å². The summed E-state index contributed by atoms with van der Waals surface area (Å²) in [5, 5.41) is 0. The molecule has 1 aromatic rings. The molecule has 1 unspecified atom stereocenters. The molecule has 1 aliphatic rings. The van der Waals surface area contributed by atoms with Crippen LogP contribution in [0.15, 0.2) is 29.3 Å². The molecule has 0 saturated carbocycles. The molecule has 0 fully saturated rings. The van der Waals surface area contributed by atoms with E-state index in [9.17, 15) is 0 Å². The van der Waals surface area contributed by atoms with Crippen molar-refractivity contribution in [1.82, 2.24) is 0 Å². The lowest BCUT2D eigenvalue weighted by Gasteiger charge is -2.13. The summed E-state index contributed by atoms with van der Waals surface area (Å²) in [6, 6.07) is 7.69. The number of para-hydroxylation sites is 2. The molecule has 1 atom stereocenters. The first-order valence-electron chi connectivity index (χ1n) is 5.02. The topological polar surface area (TPSA) is 66.1 Å². The second-order valence-electron chi connectivity index (χ2n) is 3.38. The highest BCUT2D eigenvalue weighted by atomic mass is 16.6. The summed E-state index contributed by atoms with van der Waals surface area (Å²) in [5.41, 5.74) is 5.40. The standard InChI is InChI=1S/C11H14N2O3/c1-14-9-4-2-3-5-10(9)15-7-8-6-13-11(12)16-8/h2-5,8H,6-7H2,1H3,(H2,12,13). The van der Waals surface area contributed by atoms with Crippen molar-refractivity contribution in [1.29, 1.82) is 0 Å². The lowest BCUT2D eigenvalue weighted by molar-refractivity contribution is 0.139. The molecule has 16 heavy (non-hydrogen) atoms. The van der Waals surface area contributed by atoms with Gasteiger partial charge in [0.05, 0.1) is 13.7 Å². The molecule has 1 heterocycles. The normalized spacial score (nSPS) is 18.8. The Labute approximate surface area is 93.8 Å². The molecule has 0 amide bonds. The van der Waals surface area contributed by atoms with Crippen molar-refractivity contribution in [3.05, 3.63) is 24.3 Å². The second-order valence-corrected chi connectivity index (χ2v) is 3.38. The number of aliphatic imine (C=N–C) groups is 1. The Hall–Kier alpha value is -1.91. The summed E-state index contributed by atoms with van der Waals surface area (Å²) >= 11 is 0. The fraction of sp³-hybridized carbons (Fsp3) is 0.364. The Kier molecular flexibility index (Phi) is 3.14. The summed E-state index contributed by atoms with van der Waals surface area (Å²) in [6.45, 7) is 0.950. The zero-order valence-corrected chi connectivity index (χ0v) is 9.05. The summed E-state index contributed by atoms with van der Waals surface area (Å²) in [5.74, 6) is 1.40. The number of nitrogens with two attached hydrogens (primary N) is 1. The van der Waals surface area contributed by atoms with Gasteiger partial charge in [-0.05, 0) is 12.1 Å². The number of nitrogens with zero attached hydrogens (tertiary/aromatic N) is 1. The SMILES string of the molecule is COc1ccccc1OCC1CN=C(N)O1. The molecule has 0 spiro atoms. The molecular formula is C11H14N2O3. The van der Waals surface area contributed by atoms with E-state index in [0.717, 1.165) is 0 Å². The van der Waals surface area contributed by atoms with Crippen molar-refractivity contribution in [3.8, 4) is 11.5 Å². The molecule has 5 heteroatoms. The zero-order chi connectivity index (χ0) is 11.4. The Balaban J connectivity index is 1.90. The highest BCUT2D eigenvalue weighted by Crippen LogP contribution is 2.26. The van der Waals surface area contributed by atoms with Crippen molar-refractivity contribution in [2.24, 2.45) is 10.7 Å². The number of hydrogen-bond acceptors (Lipinski definition) is 5. The van der Waals surface area contributed by atoms with Crippen molar-refractivity contribution in [2.75, 3.05) is 20.3 Å². The van der Waals surface area contributed by atoms with Crippen LogP contribution in [0.2, 0.25) is 0 Å². The minimum Gasteiger partial charge on any atom is -0.493 e. The van der Waals surface area contributed by atoms with Crippen LogP contribution in [0.4, 0.5) is 0 Å². The van der Waals surface area contributed by atoms with E-state index in [1.807, 2.05) is 24.3 Å². The van der Waals surface area contributed by atoms with Crippen LogP contribution in [-0.2, 0) is 4.74 Å². The molecule has 2 rings (SSSR count). The molecule has 0 aliphatic carbocycles. The van der Waals surface area contributed by atoms with Gasteiger partial charge in [0.25, 0.3) is 6.02 Å². The van der Waals surface area contributed by atoms with Gasteiger partial charge in [-0.2, -0.15) is 0 Å². The molecule has 0 saturated heterocycles. The van der Waals surface area contributed by atoms with Gasteiger partial charge in [0.15, 0.2) is 17.6 Å². The smallest absolute Gasteiger partial charge is 0.282 e. The van der Waals surface area contributed by atoms with E-state index < -0.39 is 0 Å². The van der Waals surface area contributed by atoms with E-state index in [4.69, 9.17) is 19.9 Å². The number of rotatable bonds is 4. The van der Waals surface area contributed by atoms with Gasteiger partial charge in [-0.1, -0.05) is 12.1 Å². The lowest BCUT2D eigenvalue weighted by Crippen LogP contribution is -2.24. The van der Waals surface area contributed by atoms with Crippen molar-refractivity contribution < 1.29 is 14.2 Å². The summed E-state index contributed by atoms with van der Waals surface area (Å²) in [6.07, 6.45) is -0.107. The van der Waals surface area contributed by atoms with Crippen molar-refractivity contribution in [2.45, 2.75) is 6.10 Å². The van der Waals surface area contributed by atoms with E-state index >= 15 is 0 Å². The van der Waals surface area contributed by atoms with E-state index in [1.165, 1.54) is 0 Å². The number of hydrogen-bond donors (Lipinski definition) is 1. The highest BCUT2D eigenvalue weighted by Gasteiger charge is 2.18. The average Bonchev–Trinajstić information content (AvgIpc) is 2.73. The van der Waals surface area contributed by atoms with Gasteiger partial charge >= 0.3 is 0 Å². The molecular weight excluding hydrogens is 208 g/mol. The van der Waals surface area contributed by atoms with Crippen LogP contribution in [0.3, 0.4) is 0 Å². The van der Waals surface area contributed by atoms with Gasteiger partial charge in [-0.25, -0.2) is 4.99 Å². The third kappa shape index (κ3) is 2.36. The number of amidine groups is 1.